The van der Waals surface area contributed by atoms with Gasteiger partial charge in [-0.3, -0.25) is 19.7 Å². The maximum absolute atomic E-state index is 11.9. The molecule has 0 aromatic heterocycles. The molecule has 2 aromatic carbocycles. The molecule has 26 heavy (non-hydrogen) atoms. The van der Waals surface area contributed by atoms with Crippen molar-refractivity contribution in [3.05, 3.63) is 64.2 Å². The zero-order valence-electron chi connectivity index (χ0n) is 14.4. The van der Waals surface area contributed by atoms with Gasteiger partial charge in [0.25, 0.3) is 0 Å². The molecule has 0 saturated carbocycles. The summed E-state index contributed by atoms with van der Waals surface area (Å²) in [6, 6.07) is 13.5. The Morgan fingerprint density at radius 3 is 2.62 bits per heavy atom. The van der Waals surface area contributed by atoms with Crippen LogP contribution in [0.1, 0.15) is 36.5 Å². The number of carbonyl (C=O) groups is 2. The lowest BCUT2D eigenvalue weighted by Gasteiger charge is -2.15. The number of anilines is 1. The first-order valence-corrected chi connectivity index (χ1v) is 8.25. The van der Waals surface area contributed by atoms with Crippen LogP contribution in [0.15, 0.2) is 48.5 Å². The van der Waals surface area contributed by atoms with Gasteiger partial charge in [-0.15, -0.1) is 0 Å². The highest BCUT2D eigenvalue weighted by molar-refractivity contribution is 5.90. The molecule has 7 heteroatoms. The summed E-state index contributed by atoms with van der Waals surface area (Å²) in [6.07, 6.45) is 1.54. The number of nitro groups is 1. The SMILES string of the molecule is CC(CCCC(=O)Nc1ccccc1)Oc1cccc(C=O)c1[N+](=O)[O-]. The van der Waals surface area contributed by atoms with Crippen LogP contribution in [0.4, 0.5) is 11.4 Å². The van der Waals surface area contributed by atoms with Crippen LogP contribution >= 0.6 is 0 Å². The van der Waals surface area contributed by atoms with E-state index in [1.54, 1.807) is 6.92 Å². The number of nitrogens with zero attached hydrogens (tertiary/aromatic N) is 1. The van der Waals surface area contributed by atoms with Gasteiger partial charge in [-0.2, -0.15) is 0 Å². The fourth-order valence-electron chi connectivity index (χ4n) is 2.50. The van der Waals surface area contributed by atoms with E-state index in [-0.39, 0.29) is 29.0 Å². The van der Waals surface area contributed by atoms with Crippen LogP contribution in [0.5, 0.6) is 5.75 Å². The first-order chi connectivity index (χ1) is 12.5. The van der Waals surface area contributed by atoms with Crippen LogP contribution in [0.3, 0.4) is 0 Å². The molecule has 0 fully saturated rings. The molecule has 0 heterocycles. The number of rotatable bonds is 9. The molecule has 1 N–H and O–H groups in total. The van der Waals surface area contributed by atoms with E-state index in [9.17, 15) is 19.7 Å². The van der Waals surface area contributed by atoms with Gasteiger partial charge in [0, 0.05) is 12.1 Å². The maximum Gasteiger partial charge on any atom is 0.321 e. The number of hydrogen-bond acceptors (Lipinski definition) is 5. The molecular formula is C19H20N2O5. The quantitative estimate of drug-likeness (QED) is 0.416. The highest BCUT2D eigenvalue weighted by atomic mass is 16.6. The zero-order chi connectivity index (χ0) is 18.9. The van der Waals surface area contributed by atoms with Gasteiger partial charge in [-0.1, -0.05) is 24.3 Å². The lowest BCUT2D eigenvalue weighted by Crippen LogP contribution is -2.16. The van der Waals surface area contributed by atoms with Crippen molar-refractivity contribution < 1.29 is 19.2 Å². The predicted molar refractivity (Wildman–Crippen MR) is 97.5 cm³/mol. The number of nitrogens with one attached hydrogen (secondary N) is 1. The fourth-order valence-corrected chi connectivity index (χ4v) is 2.50. The second-order valence-corrected chi connectivity index (χ2v) is 5.80. The van der Waals surface area contributed by atoms with Gasteiger partial charge in [0.05, 0.1) is 16.6 Å². The Bertz CT molecular complexity index is 777. The minimum absolute atomic E-state index is 0.0260. The summed E-state index contributed by atoms with van der Waals surface area (Å²) in [5.74, 6) is -0.0434. The van der Waals surface area contributed by atoms with E-state index in [4.69, 9.17) is 4.74 Å². The molecule has 7 nitrogen and oxygen atoms in total. The van der Waals surface area contributed by atoms with E-state index >= 15 is 0 Å². The molecule has 0 bridgehead atoms. The van der Waals surface area contributed by atoms with Crippen molar-refractivity contribution in [2.24, 2.45) is 0 Å². The Morgan fingerprint density at radius 1 is 1.23 bits per heavy atom. The standard InChI is InChI=1S/C19H20N2O5/c1-14(7-5-12-18(23)20-16-9-3-2-4-10-16)26-17-11-6-8-15(13-22)19(17)21(24)25/h2-4,6,8-11,13-14H,5,7,12H2,1H3,(H,20,23). The van der Waals surface area contributed by atoms with E-state index in [1.165, 1.54) is 18.2 Å². The summed E-state index contributed by atoms with van der Waals surface area (Å²) in [7, 11) is 0. The Labute approximate surface area is 151 Å². The molecular weight excluding hydrogens is 336 g/mol. The minimum Gasteiger partial charge on any atom is -0.484 e. The molecule has 1 amide bonds. The van der Waals surface area contributed by atoms with Gasteiger partial charge >= 0.3 is 5.69 Å². The Balaban J connectivity index is 1.86. The average molecular weight is 356 g/mol. The van der Waals surface area contributed by atoms with E-state index in [1.807, 2.05) is 30.3 Å². The molecule has 2 rings (SSSR count). The van der Waals surface area contributed by atoms with Crippen molar-refractivity contribution >= 4 is 23.6 Å². The monoisotopic (exact) mass is 356 g/mol. The molecule has 1 unspecified atom stereocenters. The molecule has 0 spiro atoms. The topological polar surface area (TPSA) is 98.5 Å². The molecule has 2 aromatic rings. The number of ether oxygens (including phenoxy) is 1. The van der Waals surface area contributed by atoms with Gasteiger partial charge in [0.1, 0.15) is 0 Å². The normalized spacial score (nSPS) is 11.4. The molecule has 0 aliphatic rings. The van der Waals surface area contributed by atoms with Crippen molar-refractivity contribution in [2.75, 3.05) is 5.32 Å². The van der Waals surface area contributed by atoms with Crippen LogP contribution in [-0.2, 0) is 4.79 Å². The number of hydrogen-bond donors (Lipinski definition) is 1. The largest absolute Gasteiger partial charge is 0.484 e. The molecule has 0 aliphatic carbocycles. The Morgan fingerprint density at radius 2 is 1.96 bits per heavy atom. The second kappa shape index (κ2) is 9.31. The van der Waals surface area contributed by atoms with Gasteiger partial charge in [0.15, 0.2) is 12.0 Å². The smallest absolute Gasteiger partial charge is 0.321 e. The lowest BCUT2D eigenvalue weighted by molar-refractivity contribution is -0.386. The number of amides is 1. The van der Waals surface area contributed by atoms with Gasteiger partial charge in [-0.25, -0.2) is 0 Å². The van der Waals surface area contributed by atoms with E-state index in [0.717, 1.165) is 5.69 Å². The number of benzene rings is 2. The van der Waals surface area contributed by atoms with Crippen molar-refractivity contribution in [3.8, 4) is 5.75 Å². The van der Waals surface area contributed by atoms with Crippen molar-refractivity contribution in [3.63, 3.8) is 0 Å². The van der Waals surface area contributed by atoms with E-state index in [2.05, 4.69) is 5.32 Å². The third kappa shape index (κ3) is 5.41. The maximum atomic E-state index is 11.9. The number of para-hydroxylation sites is 2. The van der Waals surface area contributed by atoms with Gasteiger partial charge < -0.3 is 10.1 Å². The van der Waals surface area contributed by atoms with E-state index in [0.29, 0.717) is 25.5 Å². The van der Waals surface area contributed by atoms with Crippen LogP contribution in [0, 0.1) is 10.1 Å². The van der Waals surface area contributed by atoms with Gasteiger partial charge in [-0.05, 0) is 44.0 Å². The fraction of sp³-hybridized carbons (Fsp3) is 0.263. The predicted octanol–water partition coefficient (Wildman–Crippen LogP) is 3.98. The highest BCUT2D eigenvalue weighted by Crippen LogP contribution is 2.31. The molecule has 1 atom stereocenters. The van der Waals surface area contributed by atoms with Crippen LogP contribution in [0.25, 0.3) is 0 Å². The molecule has 136 valence electrons. The van der Waals surface area contributed by atoms with Gasteiger partial charge in [0.2, 0.25) is 5.91 Å². The van der Waals surface area contributed by atoms with Crippen molar-refractivity contribution in [1.29, 1.82) is 0 Å². The summed E-state index contributed by atoms with van der Waals surface area (Å²) in [6.45, 7) is 1.77. The van der Waals surface area contributed by atoms with Crippen LogP contribution in [-0.4, -0.2) is 23.2 Å². The zero-order valence-corrected chi connectivity index (χ0v) is 14.4. The Hall–Kier alpha value is -3.22. The van der Waals surface area contributed by atoms with E-state index < -0.39 is 4.92 Å². The van der Waals surface area contributed by atoms with Crippen LogP contribution < -0.4 is 10.1 Å². The number of aldehydes is 1. The molecule has 0 radical (unpaired) electrons. The van der Waals surface area contributed by atoms with Crippen molar-refractivity contribution in [2.45, 2.75) is 32.3 Å². The number of carbonyl (C=O) groups excluding carboxylic acids is 2. The molecule has 0 aliphatic heterocycles. The van der Waals surface area contributed by atoms with Crippen LogP contribution in [0.2, 0.25) is 0 Å². The summed E-state index contributed by atoms with van der Waals surface area (Å²) < 4.78 is 5.62. The average Bonchev–Trinajstić information content (AvgIpc) is 2.62. The first-order valence-electron chi connectivity index (χ1n) is 8.25. The summed E-state index contributed by atoms with van der Waals surface area (Å²) in [5, 5.41) is 14.0. The first kappa shape index (κ1) is 19.1. The second-order valence-electron chi connectivity index (χ2n) is 5.80. The lowest BCUT2D eigenvalue weighted by atomic mass is 10.1. The van der Waals surface area contributed by atoms with Crippen molar-refractivity contribution in [1.82, 2.24) is 0 Å². The summed E-state index contributed by atoms with van der Waals surface area (Å²) in [5.41, 5.74) is 0.376. The molecule has 0 saturated heterocycles. The minimum atomic E-state index is -0.626. The highest BCUT2D eigenvalue weighted by Gasteiger charge is 2.22. The Kier molecular flexibility index (Phi) is 6.84. The summed E-state index contributed by atoms with van der Waals surface area (Å²) >= 11 is 0. The third-order valence-corrected chi connectivity index (χ3v) is 3.74. The summed E-state index contributed by atoms with van der Waals surface area (Å²) in [4.78, 5) is 33.4. The third-order valence-electron chi connectivity index (χ3n) is 3.74. The number of nitro benzene ring substituents is 1.